The van der Waals surface area contributed by atoms with Gasteiger partial charge < -0.3 is 9.47 Å². The second-order valence-electron chi connectivity index (χ2n) is 6.84. The normalized spacial score (nSPS) is 10.9. The van der Waals surface area contributed by atoms with Crippen molar-refractivity contribution < 1.29 is 19.3 Å². The number of nitriles is 1. The molecule has 0 atom stereocenters. The van der Waals surface area contributed by atoms with Gasteiger partial charge in [0, 0.05) is 6.07 Å². The van der Waals surface area contributed by atoms with Crippen molar-refractivity contribution >= 4 is 45.6 Å². The lowest BCUT2D eigenvalue weighted by Gasteiger charge is -2.13. The second-order valence-corrected chi connectivity index (χ2v) is 8.00. The Morgan fingerprint density at radius 2 is 1.73 bits per heavy atom. The number of nitro groups is 2. The van der Waals surface area contributed by atoms with Crippen LogP contribution in [0.1, 0.15) is 16.7 Å². The molecule has 0 bridgehead atoms. The molecule has 0 heterocycles. The van der Waals surface area contributed by atoms with Crippen LogP contribution in [0.3, 0.4) is 0 Å². The summed E-state index contributed by atoms with van der Waals surface area (Å²) in [5.41, 5.74) is 1.99. The van der Waals surface area contributed by atoms with E-state index in [0.29, 0.717) is 14.7 Å². The first kappa shape index (κ1) is 23.7. The molecule has 0 unspecified atom stereocenters. The topological polar surface area (TPSA) is 129 Å². The lowest BCUT2D eigenvalue weighted by molar-refractivity contribution is -0.394. The summed E-state index contributed by atoms with van der Waals surface area (Å²) in [6, 6.07) is 16.2. The van der Waals surface area contributed by atoms with E-state index >= 15 is 0 Å². The molecule has 166 valence electrons. The fourth-order valence-electron chi connectivity index (χ4n) is 2.96. The largest absolute Gasteiger partial charge is 0.493 e. The van der Waals surface area contributed by atoms with Gasteiger partial charge in [0.2, 0.25) is 5.75 Å². The van der Waals surface area contributed by atoms with Crippen LogP contribution >= 0.6 is 22.6 Å². The number of ether oxygens (including phenoxy) is 2. The molecule has 0 saturated carbocycles. The minimum absolute atomic E-state index is 0.164. The standard InChI is InChI=1S/C23H16IN3O6/c1-14-3-5-16(6-4-14)17(13-25)9-15-10-19(24)23(22(11-15)32-2)33-21-8-7-18(26(28)29)12-20(21)27(30)31/h3-12H,1-2H3/b17-9+. The average Bonchev–Trinajstić information content (AvgIpc) is 2.79. The van der Waals surface area contributed by atoms with Gasteiger partial charge in [0.25, 0.3) is 5.69 Å². The Morgan fingerprint density at radius 1 is 1.03 bits per heavy atom. The van der Waals surface area contributed by atoms with Gasteiger partial charge in [-0.25, -0.2) is 0 Å². The molecule has 10 heteroatoms. The van der Waals surface area contributed by atoms with Gasteiger partial charge >= 0.3 is 5.69 Å². The number of hydrogen-bond donors (Lipinski definition) is 0. The highest BCUT2D eigenvalue weighted by Crippen LogP contribution is 2.41. The monoisotopic (exact) mass is 557 g/mol. The summed E-state index contributed by atoms with van der Waals surface area (Å²) in [5, 5.41) is 32.0. The van der Waals surface area contributed by atoms with Crippen LogP contribution in [0.2, 0.25) is 0 Å². The Morgan fingerprint density at radius 3 is 2.30 bits per heavy atom. The van der Waals surface area contributed by atoms with Crippen molar-refractivity contribution in [2.24, 2.45) is 0 Å². The molecule has 0 aliphatic rings. The SMILES string of the molecule is COc1cc(/C=C(\C#N)c2ccc(C)cc2)cc(I)c1Oc1ccc([N+](=O)[O-])cc1[N+](=O)[O-]. The molecule has 0 aliphatic heterocycles. The number of rotatable bonds is 7. The number of halogens is 1. The quantitative estimate of drug-likeness (QED) is 0.110. The third-order valence-electron chi connectivity index (χ3n) is 4.61. The summed E-state index contributed by atoms with van der Waals surface area (Å²) in [7, 11) is 1.42. The zero-order valence-corrected chi connectivity index (χ0v) is 19.6. The number of benzene rings is 3. The molecule has 0 N–H and O–H groups in total. The van der Waals surface area contributed by atoms with E-state index in [9.17, 15) is 25.5 Å². The highest BCUT2D eigenvalue weighted by molar-refractivity contribution is 14.1. The summed E-state index contributed by atoms with van der Waals surface area (Å²) in [5.74, 6) is 0.325. The van der Waals surface area contributed by atoms with E-state index in [2.05, 4.69) is 6.07 Å². The van der Waals surface area contributed by atoms with Crippen molar-refractivity contribution in [3.8, 4) is 23.3 Å². The summed E-state index contributed by atoms with van der Waals surface area (Å²) in [6.45, 7) is 1.96. The average molecular weight is 557 g/mol. The van der Waals surface area contributed by atoms with Crippen molar-refractivity contribution in [3.63, 3.8) is 0 Å². The maximum atomic E-state index is 11.4. The minimum atomic E-state index is -0.750. The van der Waals surface area contributed by atoms with Gasteiger partial charge in [-0.05, 0) is 64.9 Å². The molecule has 3 aromatic carbocycles. The second kappa shape index (κ2) is 10.1. The van der Waals surface area contributed by atoms with Gasteiger partial charge in [-0.1, -0.05) is 29.8 Å². The van der Waals surface area contributed by atoms with Crippen LogP contribution in [0.5, 0.6) is 17.2 Å². The van der Waals surface area contributed by atoms with Gasteiger partial charge in [0.1, 0.15) is 0 Å². The maximum Gasteiger partial charge on any atom is 0.318 e. The van der Waals surface area contributed by atoms with Crippen LogP contribution < -0.4 is 9.47 Å². The van der Waals surface area contributed by atoms with Crippen molar-refractivity contribution in [3.05, 3.63) is 95.1 Å². The van der Waals surface area contributed by atoms with Crippen LogP contribution in [0.15, 0.2) is 54.6 Å². The van der Waals surface area contributed by atoms with Crippen molar-refractivity contribution in [1.82, 2.24) is 0 Å². The van der Waals surface area contributed by atoms with Crippen LogP contribution in [-0.4, -0.2) is 17.0 Å². The van der Waals surface area contributed by atoms with Gasteiger partial charge in [-0.2, -0.15) is 5.26 Å². The van der Waals surface area contributed by atoms with E-state index in [0.717, 1.165) is 23.3 Å². The number of nitrogens with zero attached hydrogens (tertiary/aromatic N) is 3. The third-order valence-corrected chi connectivity index (χ3v) is 5.41. The lowest BCUT2D eigenvalue weighted by atomic mass is 10.0. The molecule has 3 aromatic rings. The predicted octanol–water partition coefficient (Wildman–Crippen LogP) is 6.28. The Hall–Kier alpha value is -3.98. The van der Waals surface area contributed by atoms with Crippen LogP contribution in [-0.2, 0) is 0 Å². The first-order valence-electron chi connectivity index (χ1n) is 9.40. The predicted molar refractivity (Wildman–Crippen MR) is 130 cm³/mol. The van der Waals surface area contributed by atoms with E-state index in [4.69, 9.17) is 9.47 Å². The van der Waals surface area contributed by atoms with Gasteiger partial charge in [0.15, 0.2) is 11.5 Å². The molecule has 0 aromatic heterocycles. The van der Waals surface area contributed by atoms with Crippen LogP contribution in [0.4, 0.5) is 11.4 Å². The number of nitro benzene ring substituents is 2. The Kier molecular flexibility index (Phi) is 7.24. The van der Waals surface area contributed by atoms with Crippen LogP contribution in [0.25, 0.3) is 11.6 Å². The minimum Gasteiger partial charge on any atom is -0.493 e. The Labute approximate surface area is 202 Å². The Bertz CT molecular complexity index is 1310. The molecule has 0 saturated heterocycles. The van der Waals surface area contributed by atoms with Crippen molar-refractivity contribution in [2.45, 2.75) is 6.92 Å². The number of methoxy groups -OCH3 is 1. The highest BCUT2D eigenvalue weighted by atomic mass is 127. The zero-order valence-electron chi connectivity index (χ0n) is 17.4. The number of non-ortho nitro benzene ring substituents is 1. The van der Waals surface area contributed by atoms with Gasteiger partial charge in [-0.3, -0.25) is 20.2 Å². The van der Waals surface area contributed by atoms with E-state index in [1.807, 2.05) is 53.8 Å². The highest BCUT2D eigenvalue weighted by Gasteiger charge is 2.23. The fourth-order valence-corrected chi connectivity index (χ4v) is 3.70. The molecule has 0 radical (unpaired) electrons. The molecule has 0 fully saturated rings. The van der Waals surface area contributed by atoms with Crippen LogP contribution in [0, 0.1) is 42.1 Å². The number of hydrogen-bond acceptors (Lipinski definition) is 7. The molecule has 33 heavy (non-hydrogen) atoms. The molecular formula is C23H16IN3O6. The van der Waals surface area contributed by atoms with E-state index < -0.39 is 21.2 Å². The van der Waals surface area contributed by atoms with Gasteiger partial charge in [-0.15, -0.1) is 0 Å². The fraction of sp³-hybridized carbons (Fsp3) is 0.0870. The van der Waals surface area contributed by atoms with E-state index in [-0.39, 0.29) is 17.2 Å². The number of allylic oxidation sites excluding steroid dienone is 1. The van der Waals surface area contributed by atoms with Crippen molar-refractivity contribution in [2.75, 3.05) is 7.11 Å². The zero-order chi connectivity index (χ0) is 24.1. The van der Waals surface area contributed by atoms with Crippen molar-refractivity contribution in [1.29, 1.82) is 5.26 Å². The molecule has 0 spiro atoms. The number of aryl methyl sites for hydroxylation is 1. The summed E-state index contributed by atoms with van der Waals surface area (Å²) in [4.78, 5) is 20.9. The Balaban J connectivity index is 2.03. The maximum absolute atomic E-state index is 11.4. The van der Waals surface area contributed by atoms with E-state index in [1.165, 1.54) is 13.2 Å². The summed E-state index contributed by atoms with van der Waals surface area (Å²) < 4.78 is 11.7. The lowest BCUT2D eigenvalue weighted by Crippen LogP contribution is -1.99. The first-order chi connectivity index (χ1) is 15.7. The molecular weight excluding hydrogens is 541 g/mol. The molecule has 0 aliphatic carbocycles. The smallest absolute Gasteiger partial charge is 0.318 e. The molecule has 0 amide bonds. The molecule has 3 rings (SSSR count). The molecule has 9 nitrogen and oxygen atoms in total. The first-order valence-corrected chi connectivity index (χ1v) is 10.5. The van der Waals surface area contributed by atoms with Gasteiger partial charge in [0.05, 0.1) is 38.2 Å². The summed E-state index contributed by atoms with van der Waals surface area (Å²) >= 11 is 1.99. The third kappa shape index (κ3) is 5.45. The van der Waals surface area contributed by atoms with E-state index in [1.54, 1.807) is 18.2 Å². The summed E-state index contributed by atoms with van der Waals surface area (Å²) in [6.07, 6.45) is 1.70.